The summed E-state index contributed by atoms with van der Waals surface area (Å²) >= 11 is 1.41. The van der Waals surface area contributed by atoms with Crippen molar-refractivity contribution < 1.29 is 22.5 Å². The Balaban J connectivity index is 1.74. The molecule has 0 aromatic carbocycles. The lowest BCUT2D eigenvalue weighted by molar-refractivity contribution is -0.146. The SMILES string of the molecule is O=C(Nc1sc2c(c1-c1nc(C(F)(F)F)no1)CCCCC2)C1=CCCC1. The molecule has 144 valence electrons. The van der Waals surface area contributed by atoms with Crippen molar-refractivity contribution in [3.63, 3.8) is 0 Å². The Labute approximate surface area is 157 Å². The molecular formula is C18H18F3N3O2S. The van der Waals surface area contributed by atoms with Crippen molar-refractivity contribution in [3.8, 4) is 11.5 Å². The number of carbonyl (C=O) groups excluding carboxylic acids is 1. The monoisotopic (exact) mass is 397 g/mol. The summed E-state index contributed by atoms with van der Waals surface area (Å²) < 4.78 is 43.7. The van der Waals surface area contributed by atoms with Crippen LogP contribution in [0.1, 0.15) is 54.8 Å². The van der Waals surface area contributed by atoms with E-state index in [2.05, 4.69) is 15.5 Å². The number of allylic oxidation sites excluding steroid dienone is 1. The molecular weight excluding hydrogens is 379 g/mol. The quantitative estimate of drug-likeness (QED) is 0.729. The first-order chi connectivity index (χ1) is 12.9. The molecule has 4 rings (SSSR count). The fourth-order valence-corrected chi connectivity index (χ4v) is 4.83. The number of alkyl halides is 3. The van der Waals surface area contributed by atoms with E-state index in [9.17, 15) is 18.0 Å². The molecule has 2 aromatic heterocycles. The summed E-state index contributed by atoms with van der Waals surface area (Å²) in [5, 5.41) is 6.46. The van der Waals surface area contributed by atoms with Crippen LogP contribution in [-0.2, 0) is 23.8 Å². The normalized spacial score (nSPS) is 17.4. The predicted octanol–water partition coefficient (Wildman–Crippen LogP) is 5.13. The Kier molecular flexibility index (Phi) is 4.79. The fraction of sp³-hybridized carbons (Fsp3) is 0.500. The summed E-state index contributed by atoms with van der Waals surface area (Å²) in [5.41, 5.74) is 2.09. The Morgan fingerprint density at radius 2 is 1.96 bits per heavy atom. The molecule has 2 aliphatic carbocycles. The second-order valence-electron chi connectivity index (χ2n) is 6.77. The summed E-state index contributed by atoms with van der Waals surface area (Å²) in [5.74, 6) is -1.69. The lowest BCUT2D eigenvalue weighted by Crippen LogP contribution is -2.13. The summed E-state index contributed by atoms with van der Waals surface area (Å²) in [6.45, 7) is 0. The van der Waals surface area contributed by atoms with Gasteiger partial charge in [-0.1, -0.05) is 17.7 Å². The molecule has 1 amide bonds. The Morgan fingerprint density at radius 3 is 2.67 bits per heavy atom. The number of halogens is 3. The van der Waals surface area contributed by atoms with Gasteiger partial charge in [-0.25, -0.2) is 0 Å². The molecule has 1 N–H and O–H groups in total. The van der Waals surface area contributed by atoms with Crippen molar-refractivity contribution in [1.29, 1.82) is 0 Å². The third kappa shape index (κ3) is 3.65. The highest BCUT2D eigenvalue weighted by Gasteiger charge is 2.38. The van der Waals surface area contributed by atoms with Crippen LogP contribution in [0.4, 0.5) is 18.2 Å². The fourth-order valence-electron chi connectivity index (χ4n) is 3.56. The molecule has 0 saturated carbocycles. The third-order valence-corrected chi connectivity index (χ3v) is 6.08. The number of fused-ring (bicyclic) bond motifs is 1. The van der Waals surface area contributed by atoms with Gasteiger partial charge in [0.2, 0.25) is 0 Å². The van der Waals surface area contributed by atoms with Crippen molar-refractivity contribution in [2.45, 2.75) is 57.5 Å². The molecule has 0 unspecified atom stereocenters. The van der Waals surface area contributed by atoms with Crippen LogP contribution in [-0.4, -0.2) is 16.0 Å². The number of nitrogens with one attached hydrogen (secondary N) is 1. The summed E-state index contributed by atoms with van der Waals surface area (Å²) in [6, 6.07) is 0. The van der Waals surface area contributed by atoms with E-state index < -0.39 is 12.0 Å². The third-order valence-electron chi connectivity index (χ3n) is 4.87. The minimum atomic E-state index is -4.67. The number of hydrogen-bond donors (Lipinski definition) is 1. The maximum Gasteiger partial charge on any atom is 0.455 e. The molecule has 27 heavy (non-hydrogen) atoms. The van der Waals surface area contributed by atoms with Gasteiger partial charge in [0.15, 0.2) is 0 Å². The van der Waals surface area contributed by atoms with E-state index in [1.165, 1.54) is 11.3 Å². The zero-order valence-electron chi connectivity index (χ0n) is 14.5. The van der Waals surface area contributed by atoms with Crippen LogP contribution in [0.2, 0.25) is 0 Å². The van der Waals surface area contributed by atoms with E-state index >= 15 is 0 Å². The van der Waals surface area contributed by atoms with Gasteiger partial charge in [0, 0.05) is 10.5 Å². The number of thiophene rings is 1. The van der Waals surface area contributed by atoms with Crippen LogP contribution in [0.25, 0.3) is 11.5 Å². The van der Waals surface area contributed by atoms with Gasteiger partial charge in [-0.2, -0.15) is 18.2 Å². The summed E-state index contributed by atoms with van der Waals surface area (Å²) in [4.78, 5) is 17.2. The summed E-state index contributed by atoms with van der Waals surface area (Å²) in [6.07, 6.45) is 4.34. The standard InChI is InChI=1S/C18H18F3N3O2S/c19-18(20,21)17-23-15(26-24-17)13-11-8-2-1-3-9-12(11)27-16(13)22-14(25)10-6-4-5-7-10/h6H,1-5,7-9H2,(H,22,25). The minimum Gasteiger partial charge on any atom is -0.334 e. The number of nitrogens with zero attached hydrogens (tertiary/aromatic N) is 2. The lowest BCUT2D eigenvalue weighted by atomic mass is 10.1. The molecule has 0 bridgehead atoms. The highest BCUT2D eigenvalue weighted by molar-refractivity contribution is 7.17. The van der Waals surface area contributed by atoms with Crippen molar-refractivity contribution in [1.82, 2.24) is 10.1 Å². The van der Waals surface area contributed by atoms with Gasteiger partial charge in [-0.15, -0.1) is 11.3 Å². The Morgan fingerprint density at radius 1 is 1.15 bits per heavy atom. The number of carbonyl (C=O) groups is 1. The zero-order valence-corrected chi connectivity index (χ0v) is 15.3. The molecule has 2 aliphatic rings. The number of amides is 1. The number of aryl methyl sites for hydroxylation is 1. The molecule has 0 fully saturated rings. The molecule has 0 saturated heterocycles. The first-order valence-electron chi connectivity index (χ1n) is 8.99. The average molecular weight is 397 g/mol. The van der Waals surface area contributed by atoms with E-state index in [0.29, 0.717) is 22.6 Å². The van der Waals surface area contributed by atoms with Crippen LogP contribution < -0.4 is 5.32 Å². The van der Waals surface area contributed by atoms with Crippen LogP contribution in [0.15, 0.2) is 16.2 Å². The molecule has 0 radical (unpaired) electrons. The topological polar surface area (TPSA) is 68.0 Å². The molecule has 0 atom stereocenters. The van der Waals surface area contributed by atoms with Crippen LogP contribution in [0.3, 0.4) is 0 Å². The maximum absolute atomic E-state index is 12.9. The number of aromatic nitrogens is 2. The lowest BCUT2D eigenvalue weighted by Gasteiger charge is -2.06. The molecule has 2 aromatic rings. The number of anilines is 1. The molecule has 0 spiro atoms. The maximum atomic E-state index is 12.9. The summed E-state index contributed by atoms with van der Waals surface area (Å²) in [7, 11) is 0. The number of hydrogen-bond acceptors (Lipinski definition) is 5. The van der Waals surface area contributed by atoms with Gasteiger partial charge < -0.3 is 9.84 Å². The van der Waals surface area contributed by atoms with Gasteiger partial charge in [-0.05, 0) is 50.5 Å². The smallest absolute Gasteiger partial charge is 0.334 e. The molecule has 5 nitrogen and oxygen atoms in total. The Hall–Kier alpha value is -2.16. The van der Waals surface area contributed by atoms with Crippen molar-refractivity contribution in [2.24, 2.45) is 0 Å². The van der Waals surface area contributed by atoms with Gasteiger partial charge in [0.25, 0.3) is 17.6 Å². The molecule has 9 heteroatoms. The highest BCUT2D eigenvalue weighted by atomic mass is 32.1. The van der Waals surface area contributed by atoms with Gasteiger partial charge in [-0.3, -0.25) is 4.79 Å². The van der Waals surface area contributed by atoms with E-state index in [0.717, 1.165) is 55.4 Å². The van der Waals surface area contributed by atoms with E-state index in [-0.39, 0.29) is 11.8 Å². The minimum absolute atomic E-state index is 0.183. The van der Waals surface area contributed by atoms with Gasteiger partial charge in [0.1, 0.15) is 5.00 Å². The van der Waals surface area contributed by atoms with Crippen molar-refractivity contribution in [3.05, 3.63) is 27.9 Å². The van der Waals surface area contributed by atoms with Gasteiger partial charge >= 0.3 is 6.18 Å². The second-order valence-corrected chi connectivity index (χ2v) is 7.87. The zero-order chi connectivity index (χ0) is 19.0. The molecule has 0 aliphatic heterocycles. The first-order valence-corrected chi connectivity index (χ1v) is 9.81. The van der Waals surface area contributed by atoms with Gasteiger partial charge in [0.05, 0.1) is 5.56 Å². The van der Waals surface area contributed by atoms with Crippen molar-refractivity contribution >= 4 is 22.2 Å². The largest absolute Gasteiger partial charge is 0.455 e. The number of rotatable bonds is 3. The van der Waals surface area contributed by atoms with Crippen LogP contribution in [0, 0.1) is 0 Å². The van der Waals surface area contributed by atoms with Crippen molar-refractivity contribution in [2.75, 3.05) is 5.32 Å². The average Bonchev–Trinajstić information content (AvgIpc) is 3.32. The highest BCUT2D eigenvalue weighted by Crippen LogP contribution is 2.44. The first kappa shape index (κ1) is 18.2. The molecule has 2 heterocycles. The van der Waals surface area contributed by atoms with E-state index in [1.54, 1.807) is 0 Å². The predicted molar refractivity (Wildman–Crippen MR) is 94.4 cm³/mol. The van der Waals surface area contributed by atoms with E-state index in [4.69, 9.17) is 4.52 Å². The second kappa shape index (κ2) is 7.10. The Bertz CT molecular complexity index is 898. The van der Waals surface area contributed by atoms with E-state index in [1.807, 2.05) is 6.08 Å². The van der Waals surface area contributed by atoms with Crippen LogP contribution in [0.5, 0.6) is 0 Å². The van der Waals surface area contributed by atoms with Crippen LogP contribution >= 0.6 is 11.3 Å².